The highest BCUT2D eigenvalue weighted by Gasteiger charge is 2.23. The van der Waals surface area contributed by atoms with Gasteiger partial charge in [0.25, 0.3) is 0 Å². The molecule has 0 aromatic heterocycles. The summed E-state index contributed by atoms with van der Waals surface area (Å²) in [5.74, 6) is -0.0893. The number of ether oxygens (including phenoxy) is 1. The van der Waals surface area contributed by atoms with Gasteiger partial charge in [0, 0.05) is 25.8 Å². The molecule has 1 aromatic carbocycles. The summed E-state index contributed by atoms with van der Waals surface area (Å²) in [7, 11) is -0.312. The molecular formula is C13H20N2O3S2. The zero-order valence-corrected chi connectivity index (χ0v) is 13.5. The van der Waals surface area contributed by atoms with Crippen molar-refractivity contribution >= 4 is 27.2 Å². The van der Waals surface area contributed by atoms with Crippen LogP contribution in [-0.4, -0.2) is 44.5 Å². The summed E-state index contributed by atoms with van der Waals surface area (Å²) in [6.07, 6.45) is 0. The minimum absolute atomic E-state index is 0.0893. The summed E-state index contributed by atoms with van der Waals surface area (Å²) < 4.78 is 30.9. The van der Waals surface area contributed by atoms with Gasteiger partial charge < -0.3 is 10.5 Å². The molecule has 2 N–H and O–H groups in total. The number of methoxy groups -OCH3 is 1. The highest BCUT2D eigenvalue weighted by Crippen LogP contribution is 2.14. The van der Waals surface area contributed by atoms with Gasteiger partial charge in [0.15, 0.2) is 0 Å². The number of hydrogen-bond donors (Lipinski definition) is 1. The fraction of sp³-hybridized carbons (Fsp3) is 0.462. The Hall–Kier alpha value is -1.02. The zero-order valence-electron chi connectivity index (χ0n) is 11.9. The molecule has 112 valence electrons. The summed E-state index contributed by atoms with van der Waals surface area (Å²) in [6.45, 7) is 2.15. The molecule has 0 amide bonds. The van der Waals surface area contributed by atoms with Crippen LogP contribution in [0.5, 0.6) is 0 Å². The molecule has 1 rings (SSSR count). The number of rotatable bonds is 7. The third-order valence-corrected chi connectivity index (χ3v) is 5.20. The first-order valence-corrected chi connectivity index (χ1v) is 8.13. The van der Waals surface area contributed by atoms with E-state index in [9.17, 15) is 8.42 Å². The van der Waals surface area contributed by atoms with Crippen LogP contribution in [-0.2, 0) is 20.5 Å². The van der Waals surface area contributed by atoms with E-state index in [1.165, 1.54) is 4.31 Å². The van der Waals surface area contributed by atoms with Gasteiger partial charge in [-0.05, 0) is 18.6 Å². The first kappa shape index (κ1) is 17.0. The van der Waals surface area contributed by atoms with Crippen LogP contribution in [0.4, 0.5) is 0 Å². The fourth-order valence-electron chi connectivity index (χ4n) is 1.75. The van der Waals surface area contributed by atoms with Crippen molar-refractivity contribution in [2.24, 2.45) is 5.73 Å². The lowest BCUT2D eigenvalue weighted by molar-refractivity contribution is 0.149. The molecule has 0 heterocycles. The number of thiocarbonyl (C=S) groups is 1. The topological polar surface area (TPSA) is 72.6 Å². The van der Waals surface area contributed by atoms with E-state index in [4.69, 9.17) is 22.7 Å². The van der Waals surface area contributed by atoms with Crippen LogP contribution in [0.2, 0.25) is 0 Å². The highest BCUT2D eigenvalue weighted by molar-refractivity contribution is 7.88. The summed E-state index contributed by atoms with van der Waals surface area (Å²) in [6, 6.07) is 6.74. The second-order valence-electron chi connectivity index (χ2n) is 4.64. The number of benzene rings is 1. The molecule has 1 atom stereocenters. The summed E-state index contributed by atoms with van der Waals surface area (Å²) in [5.41, 5.74) is 6.88. The maximum absolute atomic E-state index is 12.3. The molecule has 20 heavy (non-hydrogen) atoms. The van der Waals surface area contributed by atoms with Gasteiger partial charge in [-0.3, -0.25) is 0 Å². The Balaban J connectivity index is 2.91. The largest absolute Gasteiger partial charge is 0.389 e. The van der Waals surface area contributed by atoms with Crippen LogP contribution < -0.4 is 5.73 Å². The lowest BCUT2D eigenvalue weighted by Crippen LogP contribution is -2.38. The minimum atomic E-state index is -3.41. The quantitative estimate of drug-likeness (QED) is 0.763. The molecule has 5 nitrogen and oxygen atoms in total. The third-order valence-electron chi connectivity index (χ3n) is 3.03. The third kappa shape index (κ3) is 4.52. The van der Waals surface area contributed by atoms with Gasteiger partial charge >= 0.3 is 0 Å². The van der Waals surface area contributed by atoms with Crippen molar-refractivity contribution < 1.29 is 13.2 Å². The summed E-state index contributed by atoms with van der Waals surface area (Å²) >= 11 is 4.89. The molecule has 1 aromatic rings. The first-order chi connectivity index (χ1) is 9.27. The molecule has 1 unspecified atom stereocenters. The van der Waals surface area contributed by atoms with Crippen LogP contribution in [0.1, 0.15) is 18.1 Å². The number of sulfonamides is 1. The molecule has 0 aliphatic heterocycles. The number of nitrogens with two attached hydrogens (primary N) is 1. The zero-order chi connectivity index (χ0) is 15.3. The Bertz CT molecular complexity index is 573. The lowest BCUT2D eigenvalue weighted by atomic mass is 10.1. The number of nitrogens with zero attached hydrogens (tertiary/aromatic N) is 1. The predicted molar refractivity (Wildman–Crippen MR) is 84.1 cm³/mol. The van der Waals surface area contributed by atoms with Crippen molar-refractivity contribution in [3.8, 4) is 0 Å². The van der Waals surface area contributed by atoms with E-state index in [-0.39, 0.29) is 16.8 Å². The molecule has 0 saturated heterocycles. The molecule has 0 fully saturated rings. The lowest BCUT2D eigenvalue weighted by Gasteiger charge is -2.23. The van der Waals surface area contributed by atoms with E-state index in [0.717, 1.165) is 0 Å². The van der Waals surface area contributed by atoms with Crippen molar-refractivity contribution in [1.82, 2.24) is 4.31 Å². The van der Waals surface area contributed by atoms with Crippen LogP contribution >= 0.6 is 12.2 Å². The Morgan fingerprint density at radius 3 is 2.70 bits per heavy atom. The van der Waals surface area contributed by atoms with Crippen LogP contribution in [0.15, 0.2) is 24.3 Å². The van der Waals surface area contributed by atoms with E-state index in [1.54, 1.807) is 45.3 Å². The van der Waals surface area contributed by atoms with E-state index < -0.39 is 10.0 Å². The number of hydrogen-bond acceptors (Lipinski definition) is 4. The monoisotopic (exact) mass is 316 g/mol. The van der Waals surface area contributed by atoms with Gasteiger partial charge in [0.2, 0.25) is 10.0 Å². The van der Waals surface area contributed by atoms with Crippen molar-refractivity contribution in [3.63, 3.8) is 0 Å². The average molecular weight is 316 g/mol. The average Bonchev–Trinajstić information content (AvgIpc) is 2.37. The Morgan fingerprint density at radius 1 is 1.50 bits per heavy atom. The Morgan fingerprint density at radius 2 is 2.15 bits per heavy atom. The van der Waals surface area contributed by atoms with Gasteiger partial charge in [-0.2, -0.15) is 4.31 Å². The molecular weight excluding hydrogens is 296 g/mol. The van der Waals surface area contributed by atoms with Crippen molar-refractivity contribution in [3.05, 3.63) is 35.4 Å². The predicted octanol–water partition coefficient (Wildman–Crippen LogP) is 1.12. The van der Waals surface area contributed by atoms with Gasteiger partial charge in [0.05, 0.1) is 12.4 Å². The van der Waals surface area contributed by atoms with Crippen molar-refractivity contribution in [2.75, 3.05) is 20.8 Å². The molecule has 0 spiro atoms. The maximum atomic E-state index is 12.3. The van der Waals surface area contributed by atoms with E-state index in [0.29, 0.717) is 17.7 Å². The number of likely N-dealkylation sites (N-methyl/N-ethyl adjacent to an activating group) is 1. The summed E-state index contributed by atoms with van der Waals surface area (Å²) in [4.78, 5) is 0.255. The summed E-state index contributed by atoms with van der Waals surface area (Å²) in [5, 5.41) is 0. The van der Waals surface area contributed by atoms with Gasteiger partial charge in [-0.15, -0.1) is 0 Å². The SMILES string of the molecule is COCC(C)N(C)S(=O)(=O)Cc1cccc(C(N)=S)c1. The second-order valence-corrected chi connectivity index (χ2v) is 7.11. The van der Waals surface area contributed by atoms with Crippen LogP contribution in [0.25, 0.3) is 0 Å². The Kier molecular flexibility index (Phi) is 6.07. The molecule has 0 saturated carbocycles. The highest BCUT2D eigenvalue weighted by atomic mass is 32.2. The minimum Gasteiger partial charge on any atom is -0.389 e. The second kappa shape index (κ2) is 7.12. The Labute approximate surface area is 125 Å². The maximum Gasteiger partial charge on any atom is 0.218 e. The smallest absolute Gasteiger partial charge is 0.218 e. The normalized spacial score (nSPS) is 13.4. The van der Waals surface area contributed by atoms with Crippen molar-refractivity contribution in [1.29, 1.82) is 0 Å². The van der Waals surface area contributed by atoms with Gasteiger partial charge in [-0.1, -0.05) is 30.4 Å². The molecule has 7 heteroatoms. The van der Waals surface area contributed by atoms with E-state index >= 15 is 0 Å². The van der Waals surface area contributed by atoms with Crippen LogP contribution in [0, 0.1) is 0 Å². The van der Waals surface area contributed by atoms with Crippen molar-refractivity contribution in [2.45, 2.75) is 18.7 Å². The van der Waals surface area contributed by atoms with E-state index in [1.807, 2.05) is 0 Å². The molecule has 0 aliphatic rings. The van der Waals surface area contributed by atoms with Gasteiger partial charge in [-0.25, -0.2) is 8.42 Å². The van der Waals surface area contributed by atoms with Gasteiger partial charge in [0.1, 0.15) is 4.99 Å². The molecule has 0 aliphatic carbocycles. The van der Waals surface area contributed by atoms with E-state index in [2.05, 4.69) is 0 Å². The first-order valence-electron chi connectivity index (χ1n) is 6.11. The molecule has 0 radical (unpaired) electrons. The van der Waals surface area contributed by atoms with Crippen LogP contribution in [0.3, 0.4) is 0 Å². The standard InChI is InChI=1S/C13H20N2O3S2/c1-10(8-18-3)15(2)20(16,17)9-11-5-4-6-12(7-11)13(14)19/h4-7,10H,8-9H2,1-3H3,(H2,14,19). The molecule has 0 bridgehead atoms. The fourth-order valence-corrected chi connectivity index (χ4v) is 3.29.